The molecule has 152 valence electrons. The predicted molar refractivity (Wildman–Crippen MR) is 117 cm³/mol. The lowest BCUT2D eigenvalue weighted by atomic mass is 9.63. The van der Waals surface area contributed by atoms with E-state index in [-0.39, 0.29) is 22.5 Å². The highest BCUT2D eigenvalue weighted by molar-refractivity contribution is 6.02. The summed E-state index contributed by atoms with van der Waals surface area (Å²) in [5.41, 5.74) is 3.50. The number of carbonyl (C=O) groups is 2. The van der Waals surface area contributed by atoms with Crippen molar-refractivity contribution in [1.82, 2.24) is 9.97 Å². The van der Waals surface area contributed by atoms with Crippen molar-refractivity contribution in [2.75, 3.05) is 5.32 Å². The summed E-state index contributed by atoms with van der Waals surface area (Å²) < 4.78 is 0. The van der Waals surface area contributed by atoms with Crippen molar-refractivity contribution in [3.8, 4) is 0 Å². The fourth-order valence-corrected chi connectivity index (χ4v) is 5.58. The number of hydrogen-bond donors (Lipinski definition) is 1. The van der Waals surface area contributed by atoms with E-state index in [1.165, 1.54) is 6.92 Å². The van der Waals surface area contributed by atoms with Crippen LogP contribution in [0, 0.1) is 5.41 Å². The summed E-state index contributed by atoms with van der Waals surface area (Å²) in [4.78, 5) is 35.4. The van der Waals surface area contributed by atoms with Crippen LogP contribution in [-0.2, 0) is 15.6 Å². The number of anilines is 1. The van der Waals surface area contributed by atoms with Gasteiger partial charge in [0.15, 0.2) is 5.78 Å². The zero-order chi connectivity index (χ0) is 21.3. The number of carbonyl (C=O) groups excluding carboxylic acids is 2. The summed E-state index contributed by atoms with van der Waals surface area (Å²) in [6.07, 6.45) is 1.64. The van der Waals surface area contributed by atoms with E-state index in [2.05, 4.69) is 26.1 Å². The van der Waals surface area contributed by atoms with E-state index in [1.807, 2.05) is 24.3 Å². The number of fused-ring (bicyclic) bond motifs is 6. The van der Waals surface area contributed by atoms with E-state index in [4.69, 9.17) is 9.97 Å². The Morgan fingerprint density at radius 3 is 2.07 bits per heavy atom. The Morgan fingerprint density at radius 2 is 1.47 bits per heavy atom. The molecule has 1 fully saturated rings. The molecule has 2 aliphatic carbocycles. The van der Waals surface area contributed by atoms with Crippen molar-refractivity contribution in [3.63, 3.8) is 0 Å². The zero-order valence-corrected chi connectivity index (χ0v) is 17.7. The maximum atomic E-state index is 13.8. The van der Waals surface area contributed by atoms with Crippen LogP contribution in [0.5, 0.6) is 0 Å². The van der Waals surface area contributed by atoms with E-state index in [1.54, 1.807) is 24.3 Å². The van der Waals surface area contributed by atoms with Crippen LogP contribution < -0.4 is 5.32 Å². The minimum Gasteiger partial charge on any atom is -0.325 e. The maximum absolute atomic E-state index is 13.8. The van der Waals surface area contributed by atoms with Gasteiger partial charge in [0.05, 0.1) is 27.8 Å². The molecular weight excluding hydrogens is 374 g/mol. The summed E-state index contributed by atoms with van der Waals surface area (Å²) in [7, 11) is 0. The number of para-hydroxylation sites is 2. The first-order valence-electron chi connectivity index (χ1n) is 10.4. The summed E-state index contributed by atoms with van der Waals surface area (Å²) >= 11 is 0. The summed E-state index contributed by atoms with van der Waals surface area (Å²) in [6, 6.07) is 14.9. The van der Waals surface area contributed by atoms with E-state index in [0.717, 1.165) is 35.3 Å². The Kier molecular flexibility index (Phi) is 3.77. The van der Waals surface area contributed by atoms with Gasteiger partial charge >= 0.3 is 0 Å². The standard InChI is InChI=1S/C25H25N3O2/c1-15(29)16-9-11-17(12-10-16)26-22(30)25-14-13-24(4,23(25,2)3)20-21(25)28-19-8-6-5-7-18(19)27-20/h5-12H,13-14H2,1-4H3,(H,26,30)/t24-,25-/m0/s1. The molecule has 2 aromatic carbocycles. The first-order valence-corrected chi connectivity index (χ1v) is 10.4. The lowest BCUT2D eigenvalue weighted by Crippen LogP contribution is -2.48. The van der Waals surface area contributed by atoms with Crippen molar-refractivity contribution < 1.29 is 9.59 Å². The predicted octanol–water partition coefficient (Wildman–Crippen LogP) is 4.80. The quantitative estimate of drug-likeness (QED) is 0.642. The molecule has 0 radical (unpaired) electrons. The molecule has 3 aromatic rings. The van der Waals surface area contributed by atoms with Crippen LogP contribution in [0.3, 0.4) is 0 Å². The van der Waals surface area contributed by atoms with Gasteiger partial charge in [0.2, 0.25) is 5.91 Å². The molecule has 2 aliphatic rings. The third kappa shape index (κ3) is 2.18. The Labute approximate surface area is 175 Å². The van der Waals surface area contributed by atoms with Crippen molar-refractivity contribution in [2.45, 2.75) is 51.4 Å². The summed E-state index contributed by atoms with van der Waals surface area (Å²) in [5, 5.41) is 3.11. The monoisotopic (exact) mass is 399 g/mol. The van der Waals surface area contributed by atoms with Gasteiger partial charge in [-0.25, -0.2) is 9.97 Å². The SMILES string of the molecule is CC(=O)c1ccc(NC(=O)[C@]23CC[C@@](C)(c4nc5ccccc5nc42)C3(C)C)cc1. The fourth-order valence-electron chi connectivity index (χ4n) is 5.58. The van der Waals surface area contributed by atoms with E-state index < -0.39 is 5.41 Å². The molecular formula is C25H25N3O2. The number of benzene rings is 2. The van der Waals surface area contributed by atoms with Gasteiger partial charge in [-0.2, -0.15) is 0 Å². The normalized spacial score (nSPS) is 25.9. The maximum Gasteiger partial charge on any atom is 0.237 e. The topological polar surface area (TPSA) is 72.0 Å². The van der Waals surface area contributed by atoms with E-state index in [0.29, 0.717) is 11.3 Å². The lowest BCUT2D eigenvalue weighted by molar-refractivity contribution is -0.125. The molecule has 5 rings (SSSR count). The highest BCUT2D eigenvalue weighted by atomic mass is 16.2. The van der Waals surface area contributed by atoms with Crippen LogP contribution in [0.4, 0.5) is 5.69 Å². The van der Waals surface area contributed by atoms with Crippen molar-refractivity contribution in [3.05, 3.63) is 65.5 Å². The minimum atomic E-state index is -0.743. The number of ketones is 1. The molecule has 0 aliphatic heterocycles. The lowest BCUT2D eigenvalue weighted by Gasteiger charge is -2.39. The van der Waals surface area contributed by atoms with Crippen LogP contribution >= 0.6 is 0 Å². The molecule has 1 heterocycles. The van der Waals surface area contributed by atoms with Crippen LogP contribution in [-0.4, -0.2) is 21.7 Å². The molecule has 2 bridgehead atoms. The van der Waals surface area contributed by atoms with E-state index >= 15 is 0 Å². The first kappa shape index (κ1) is 18.9. The largest absolute Gasteiger partial charge is 0.325 e. The minimum absolute atomic E-state index is 0.00559. The van der Waals surface area contributed by atoms with Crippen LogP contribution in [0.15, 0.2) is 48.5 Å². The molecule has 5 nitrogen and oxygen atoms in total. The molecule has 0 saturated heterocycles. The Bertz CT molecular complexity index is 1210. The van der Waals surface area contributed by atoms with E-state index in [9.17, 15) is 9.59 Å². The van der Waals surface area contributed by atoms with Gasteiger partial charge in [0, 0.05) is 16.7 Å². The number of nitrogens with one attached hydrogen (secondary N) is 1. The number of hydrogen-bond acceptors (Lipinski definition) is 4. The van der Waals surface area contributed by atoms with Gasteiger partial charge in [0.1, 0.15) is 0 Å². The van der Waals surface area contributed by atoms with Gasteiger partial charge in [0.25, 0.3) is 0 Å². The molecule has 1 N–H and O–H groups in total. The molecule has 30 heavy (non-hydrogen) atoms. The van der Waals surface area contributed by atoms with Crippen molar-refractivity contribution in [1.29, 1.82) is 0 Å². The number of nitrogens with zero attached hydrogens (tertiary/aromatic N) is 2. The number of Topliss-reactive ketones (excluding diaryl/α,β-unsaturated/α-hetero) is 1. The molecule has 1 amide bonds. The second-order valence-electron chi connectivity index (χ2n) is 9.36. The summed E-state index contributed by atoms with van der Waals surface area (Å²) in [5.74, 6) is -0.0406. The second kappa shape index (κ2) is 5.97. The van der Waals surface area contributed by atoms with Crippen LogP contribution in [0.2, 0.25) is 0 Å². The van der Waals surface area contributed by atoms with Crippen LogP contribution in [0.25, 0.3) is 11.0 Å². The van der Waals surface area contributed by atoms with Gasteiger partial charge in [-0.3, -0.25) is 9.59 Å². The molecule has 1 aromatic heterocycles. The number of aromatic nitrogens is 2. The Morgan fingerprint density at radius 1 is 0.867 bits per heavy atom. The smallest absolute Gasteiger partial charge is 0.237 e. The van der Waals surface area contributed by atoms with Crippen molar-refractivity contribution in [2.24, 2.45) is 5.41 Å². The molecule has 0 spiro atoms. The molecule has 5 heteroatoms. The Balaban J connectivity index is 1.63. The third-order valence-electron chi connectivity index (χ3n) is 7.88. The van der Waals surface area contributed by atoms with Gasteiger partial charge in [-0.15, -0.1) is 0 Å². The molecule has 2 atom stereocenters. The second-order valence-corrected chi connectivity index (χ2v) is 9.36. The molecule has 0 unspecified atom stereocenters. The number of rotatable bonds is 3. The van der Waals surface area contributed by atoms with Gasteiger partial charge < -0.3 is 5.32 Å². The average molecular weight is 399 g/mol. The highest BCUT2D eigenvalue weighted by Crippen LogP contribution is 2.70. The first-order chi connectivity index (χ1) is 14.2. The molecule has 1 saturated carbocycles. The van der Waals surface area contributed by atoms with Gasteiger partial charge in [-0.1, -0.05) is 32.9 Å². The van der Waals surface area contributed by atoms with Crippen LogP contribution in [0.1, 0.15) is 62.3 Å². The third-order valence-corrected chi connectivity index (χ3v) is 7.88. The number of amides is 1. The Hall–Kier alpha value is -3.08. The highest BCUT2D eigenvalue weighted by Gasteiger charge is 2.73. The van der Waals surface area contributed by atoms with Crippen molar-refractivity contribution >= 4 is 28.4 Å². The fraction of sp³-hybridized carbons (Fsp3) is 0.360. The summed E-state index contributed by atoms with van der Waals surface area (Å²) in [6.45, 7) is 8.10. The average Bonchev–Trinajstić information content (AvgIpc) is 3.02. The zero-order valence-electron chi connectivity index (χ0n) is 17.7. The van der Waals surface area contributed by atoms with Gasteiger partial charge in [-0.05, 0) is 61.6 Å².